The standard InChI is InChI=1S/C18H21N3O4/c1-12-11-16(20-25-12)19-18(23)21-9-7-14(8-10-21)17(22)13-3-5-15(24-2)6-4-13/h3-6,11,14H,7-10H2,1-2H3,(H,19,20,23). The minimum atomic E-state index is -0.219. The van der Waals surface area contributed by atoms with Gasteiger partial charge in [0.2, 0.25) is 0 Å². The lowest BCUT2D eigenvalue weighted by Gasteiger charge is -2.31. The van der Waals surface area contributed by atoms with Gasteiger partial charge in [-0.2, -0.15) is 0 Å². The first kappa shape index (κ1) is 17.0. The van der Waals surface area contributed by atoms with Crippen molar-refractivity contribution in [2.75, 3.05) is 25.5 Å². The molecule has 1 aliphatic heterocycles. The summed E-state index contributed by atoms with van der Waals surface area (Å²) in [4.78, 5) is 26.5. The van der Waals surface area contributed by atoms with E-state index in [1.807, 2.05) is 0 Å². The smallest absolute Gasteiger partial charge is 0.323 e. The number of ether oxygens (including phenoxy) is 1. The molecular weight excluding hydrogens is 322 g/mol. The van der Waals surface area contributed by atoms with Gasteiger partial charge in [0.05, 0.1) is 7.11 Å². The summed E-state index contributed by atoms with van der Waals surface area (Å²) in [5, 5.41) is 6.45. The number of aromatic nitrogens is 1. The van der Waals surface area contributed by atoms with Crippen LogP contribution in [0.5, 0.6) is 5.75 Å². The van der Waals surface area contributed by atoms with Crippen LogP contribution in [0.25, 0.3) is 0 Å². The van der Waals surface area contributed by atoms with Crippen molar-refractivity contribution in [2.45, 2.75) is 19.8 Å². The molecule has 1 aromatic heterocycles. The molecular formula is C18H21N3O4. The van der Waals surface area contributed by atoms with Crippen LogP contribution >= 0.6 is 0 Å². The molecule has 0 radical (unpaired) electrons. The van der Waals surface area contributed by atoms with Crippen LogP contribution in [0.4, 0.5) is 10.6 Å². The molecule has 2 amide bonds. The number of carbonyl (C=O) groups excluding carboxylic acids is 2. The number of nitrogens with one attached hydrogen (secondary N) is 1. The van der Waals surface area contributed by atoms with Gasteiger partial charge in [-0.1, -0.05) is 5.16 Å². The van der Waals surface area contributed by atoms with Crippen LogP contribution in [0.1, 0.15) is 29.0 Å². The number of likely N-dealkylation sites (tertiary alicyclic amines) is 1. The van der Waals surface area contributed by atoms with Crippen molar-refractivity contribution in [1.29, 1.82) is 0 Å². The summed E-state index contributed by atoms with van der Waals surface area (Å²) in [5.74, 6) is 1.82. The van der Waals surface area contributed by atoms with Crippen LogP contribution in [0, 0.1) is 12.8 Å². The molecule has 1 saturated heterocycles. The summed E-state index contributed by atoms with van der Waals surface area (Å²) < 4.78 is 10.0. The van der Waals surface area contributed by atoms with Crippen molar-refractivity contribution >= 4 is 17.6 Å². The second-order valence-electron chi connectivity index (χ2n) is 6.11. The maximum atomic E-state index is 12.6. The van der Waals surface area contributed by atoms with E-state index >= 15 is 0 Å². The molecule has 0 spiro atoms. The summed E-state index contributed by atoms with van der Waals surface area (Å²) in [7, 11) is 1.60. The van der Waals surface area contributed by atoms with Gasteiger partial charge < -0.3 is 14.2 Å². The molecule has 0 saturated carbocycles. The van der Waals surface area contributed by atoms with E-state index in [-0.39, 0.29) is 17.7 Å². The lowest BCUT2D eigenvalue weighted by molar-refractivity contribution is 0.0859. The fraction of sp³-hybridized carbons (Fsp3) is 0.389. The first-order valence-electron chi connectivity index (χ1n) is 8.24. The Balaban J connectivity index is 1.53. The molecule has 132 valence electrons. The Bertz CT molecular complexity index is 746. The van der Waals surface area contributed by atoms with Crippen LogP contribution in [-0.2, 0) is 0 Å². The number of amides is 2. The number of Topliss-reactive ketones (excluding diaryl/α,β-unsaturated/α-hetero) is 1. The molecule has 0 aliphatic carbocycles. The zero-order chi connectivity index (χ0) is 17.8. The highest BCUT2D eigenvalue weighted by molar-refractivity contribution is 5.98. The van der Waals surface area contributed by atoms with E-state index in [4.69, 9.17) is 9.26 Å². The van der Waals surface area contributed by atoms with Gasteiger partial charge in [-0.25, -0.2) is 4.79 Å². The third-order valence-electron chi connectivity index (χ3n) is 4.39. The third kappa shape index (κ3) is 3.99. The Morgan fingerprint density at radius 2 is 1.92 bits per heavy atom. The first-order chi connectivity index (χ1) is 12.1. The molecule has 1 aromatic carbocycles. The number of nitrogens with zero attached hydrogens (tertiary/aromatic N) is 2. The number of hydrogen-bond donors (Lipinski definition) is 1. The van der Waals surface area contributed by atoms with Crippen LogP contribution in [0.15, 0.2) is 34.9 Å². The van der Waals surface area contributed by atoms with Crippen LogP contribution < -0.4 is 10.1 Å². The molecule has 25 heavy (non-hydrogen) atoms. The molecule has 1 aliphatic rings. The average Bonchev–Trinajstić information content (AvgIpc) is 3.06. The number of hydrogen-bond acceptors (Lipinski definition) is 5. The van der Waals surface area contributed by atoms with E-state index in [0.717, 1.165) is 5.75 Å². The van der Waals surface area contributed by atoms with Gasteiger partial charge >= 0.3 is 6.03 Å². The summed E-state index contributed by atoms with van der Waals surface area (Å²) in [5.41, 5.74) is 0.682. The van der Waals surface area contributed by atoms with Gasteiger partial charge in [0.25, 0.3) is 0 Å². The van der Waals surface area contributed by atoms with Crippen molar-refractivity contribution in [3.8, 4) is 5.75 Å². The van der Waals surface area contributed by atoms with Crippen LogP contribution in [-0.4, -0.2) is 42.1 Å². The SMILES string of the molecule is COc1ccc(C(=O)C2CCN(C(=O)Nc3cc(C)on3)CC2)cc1. The summed E-state index contributed by atoms with van der Waals surface area (Å²) in [6.45, 7) is 2.84. The Morgan fingerprint density at radius 3 is 2.48 bits per heavy atom. The summed E-state index contributed by atoms with van der Waals surface area (Å²) in [6, 6.07) is 8.59. The molecule has 2 heterocycles. The number of aryl methyl sites for hydroxylation is 1. The number of carbonyl (C=O) groups is 2. The minimum absolute atomic E-state index is 0.0632. The van der Waals surface area contributed by atoms with Crippen molar-refractivity contribution in [3.63, 3.8) is 0 Å². The maximum absolute atomic E-state index is 12.6. The second-order valence-corrected chi connectivity index (χ2v) is 6.11. The average molecular weight is 343 g/mol. The van der Waals surface area contributed by atoms with Gasteiger partial charge in [0.1, 0.15) is 11.5 Å². The number of anilines is 1. The van der Waals surface area contributed by atoms with E-state index < -0.39 is 0 Å². The Morgan fingerprint density at radius 1 is 1.24 bits per heavy atom. The molecule has 7 heteroatoms. The first-order valence-corrected chi connectivity index (χ1v) is 8.24. The predicted octanol–water partition coefficient (Wildman–Crippen LogP) is 3.12. The van der Waals surface area contributed by atoms with Gasteiger partial charge in [0, 0.05) is 30.6 Å². The lowest BCUT2D eigenvalue weighted by atomic mass is 9.89. The van der Waals surface area contributed by atoms with E-state index in [9.17, 15) is 9.59 Å². The van der Waals surface area contributed by atoms with Crippen molar-refractivity contribution in [1.82, 2.24) is 10.1 Å². The van der Waals surface area contributed by atoms with E-state index in [1.54, 1.807) is 49.3 Å². The van der Waals surface area contributed by atoms with E-state index in [2.05, 4.69) is 10.5 Å². The minimum Gasteiger partial charge on any atom is -0.497 e. The molecule has 0 unspecified atom stereocenters. The molecule has 7 nitrogen and oxygen atoms in total. The monoisotopic (exact) mass is 343 g/mol. The highest BCUT2D eigenvalue weighted by Gasteiger charge is 2.28. The van der Waals surface area contributed by atoms with Gasteiger partial charge in [-0.15, -0.1) is 0 Å². The predicted molar refractivity (Wildman–Crippen MR) is 91.9 cm³/mol. The Hall–Kier alpha value is -2.83. The Labute approximate surface area is 145 Å². The van der Waals surface area contributed by atoms with Crippen molar-refractivity contribution < 1.29 is 18.8 Å². The normalized spacial score (nSPS) is 15.0. The van der Waals surface area contributed by atoms with E-state index in [1.165, 1.54) is 0 Å². The van der Waals surface area contributed by atoms with Crippen molar-refractivity contribution in [2.24, 2.45) is 5.92 Å². The molecule has 0 atom stereocenters. The fourth-order valence-electron chi connectivity index (χ4n) is 2.95. The van der Waals surface area contributed by atoms with Gasteiger partial charge in [-0.3, -0.25) is 10.1 Å². The molecule has 1 N–H and O–H groups in total. The largest absolute Gasteiger partial charge is 0.497 e. The van der Waals surface area contributed by atoms with Gasteiger partial charge in [0.15, 0.2) is 11.6 Å². The zero-order valence-corrected chi connectivity index (χ0v) is 14.3. The third-order valence-corrected chi connectivity index (χ3v) is 4.39. The number of benzene rings is 1. The number of methoxy groups -OCH3 is 1. The second kappa shape index (κ2) is 7.38. The molecule has 2 aromatic rings. The fourth-order valence-corrected chi connectivity index (χ4v) is 2.95. The topological polar surface area (TPSA) is 84.7 Å². The highest BCUT2D eigenvalue weighted by atomic mass is 16.5. The van der Waals surface area contributed by atoms with Crippen molar-refractivity contribution in [3.05, 3.63) is 41.7 Å². The number of urea groups is 1. The molecule has 3 rings (SSSR count). The maximum Gasteiger partial charge on any atom is 0.323 e. The molecule has 0 bridgehead atoms. The lowest BCUT2D eigenvalue weighted by Crippen LogP contribution is -2.42. The highest BCUT2D eigenvalue weighted by Crippen LogP contribution is 2.23. The summed E-state index contributed by atoms with van der Waals surface area (Å²) in [6.07, 6.45) is 1.30. The van der Waals surface area contributed by atoms with E-state index in [0.29, 0.717) is 43.1 Å². The Kier molecular flexibility index (Phi) is 5.02. The zero-order valence-electron chi connectivity index (χ0n) is 14.3. The quantitative estimate of drug-likeness (QED) is 0.862. The number of rotatable bonds is 4. The van der Waals surface area contributed by atoms with Gasteiger partial charge in [-0.05, 0) is 44.0 Å². The van der Waals surface area contributed by atoms with Crippen LogP contribution in [0.3, 0.4) is 0 Å². The summed E-state index contributed by atoms with van der Waals surface area (Å²) >= 11 is 0. The molecule has 1 fully saturated rings. The number of piperidine rings is 1. The van der Waals surface area contributed by atoms with Crippen LogP contribution in [0.2, 0.25) is 0 Å². The number of ketones is 1.